The maximum absolute atomic E-state index is 13.8. The zero-order valence-electron chi connectivity index (χ0n) is 24.7. The zero-order valence-corrected chi connectivity index (χ0v) is 24.7. The molecule has 1 aliphatic heterocycles. The Morgan fingerprint density at radius 3 is 2.49 bits per heavy atom. The van der Waals surface area contributed by atoms with E-state index in [0.717, 1.165) is 69.8 Å². The van der Waals surface area contributed by atoms with Gasteiger partial charge in [0.05, 0.1) is 16.8 Å². The Bertz CT molecular complexity index is 1770. The maximum Gasteiger partial charge on any atom is 0.254 e. The van der Waals surface area contributed by atoms with E-state index in [0.29, 0.717) is 25.6 Å². The summed E-state index contributed by atoms with van der Waals surface area (Å²) in [6.07, 6.45) is 7.93. The van der Waals surface area contributed by atoms with Crippen LogP contribution in [0.1, 0.15) is 60.4 Å². The summed E-state index contributed by atoms with van der Waals surface area (Å²) in [4.78, 5) is 28.4. The topological polar surface area (TPSA) is 67.2 Å². The van der Waals surface area contributed by atoms with E-state index in [-0.39, 0.29) is 11.7 Å². The molecule has 0 atom stereocenters. The molecule has 2 fully saturated rings. The second-order valence-electron chi connectivity index (χ2n) is 12.0. The largest absolute Gasteiger partial charge is 0.354 e. The molecule has 2 aromatic heterocycles. The lowest BCUT2D eigenvalue weighted by Gasteiger charge is -2.25. The van der Waals surface area contributed by atoms with E-state index in [1.807, 2.05) is 46.8 Å². The van der Waals surface area contributed by atoms with Crippen molar-refractivity contribution in [1.29, 1.82) is 0 Å². The van der Waals surface area contributed by atoms with E-state index in [2.05, 4.69) is 17.0 Å². The van der Waals surface area contributed by atoms with Crippen LogP contribution in [0.5, 0.6) is 0 Å². The number of aryl methyl sites for hydroxylation is 1. The van der Waals surface area contributed by atoms with Gasteiger partial charge >= 0.3 is 0 Å². The Hall–Kier alpha value is -4.33. The number of hydrogen-bond acceptors (Lipinski definition) is 5. The minimum Gasteiger partial charge on any atom is -0.354 e. The Morgan fingerprint density at radius 1 is 0.860 bits per heavy atom. The predicted octanol–water partition coefficient (Wildman–Crippen LogP) is 6.89. The highest BCUT2D eigenvalue weighted by Crippen LogP contribution is 2.32. The number of hydrogen-bond donors (Lipinski definition) is 0. The van der Waals surface area contributed by atoms with Crippen molar-refractivity contribution in [2.75, 3.05) is 31.1 Å². The smallest absolute Gasteiger partial charge is 0.254 e. The summed E-state index contributed by atoms with van der Waals surface area (Å²) in [5, 5.41) is 7.86. The van der Waals surface area contributed by atoms with Crippen LogP contribution in [0.3, 0.4) is 0 Å². The number of benzene rings is 3. The van der Waals surface area contributed by atoms with Crippen molar-refractivity contribution in [2.45, 2.75) is 51.9 Å². The second-order valence-corrected chi connectivity index (χ2v) is 12.0. The van der Waals surface area contributed by atoms with Crippen molar-refractivity contribution >= 4 is 33.5 Å². The molecule has 8 heteroatoms. The molecule has 1 amide bonds. The number of amides is 1. The van der Waals surface area contributed by atoms with Gasteiger partial charge in [-0.3, -0.25) is 4.79 Å². The fraction of sp³-hybridized carbons (Fsp3) is 0.371. The second kappa shape index (κ2) is 11.7. The highest BCUT2D eigenvalue weighted by Gasteiger charge is 2.27. The van der Waals surface area contributed by atoms with Gasteiger partial charge in [0, 0.05) is 38.2 Å². The van der Waals surface area contributed by atoms with Crippen LogP contribution in [-0.4, -0.2) is 56.7 Å². The third kappa shape index (κ3) is 5.46. The van der Waals surface area contributed by atoms with Crippen LogP contribution in [0, 0.1) is 18.7 Å². The Labute approximate surface area is 251 Å². The van der Waals surface area contributed by atoms with Gasteiger partial charge in [-0.1, -0.05) is 68.5 Å². The molecule has 5 aromatic rings. The monoisotopic (exact) mass is 576 g/mol. The van der Waals surface area contributed by atoms with Crippen LogP contribution < -0.4 is 4.90 Å². The molecule has 1 aliphatic carbocycles. The summed E-state index contributed by atoms with van der Waals surface area (Å²) < 4.78 is 15.6. The van der Waals surface area contributed by atoms with Gasteiger partial charge in [-0.2, -0.15) is 5.10 Å². The van der Waals surface area contributed by atoms with Gasteiger partial charge in [-0.05, 0) is 60.4 Å². The first-order valence-electron chi connectivity index (χ1n) is 15.6. The Morgan fingerprint density at radius 2 is 1.65 bits per heavy atom. The van der Waals surface area contributed by atoms with Crippen LogP contribution >= 0.6 is 0 Å². The first-order chi connectivity index (χ1) is 21.0. The van der Waals surface area contributed by atoms with E-state index < -0.39 is 0 Å². The van der Waals surface area contributed by atoms with Crippen LogP contribution in [-0.2, 0) is 6.42 Å². The lowest BCUT2D eigenvalue weighted by molar-refractivity contribution is 0.0769. The summed E-state index contributed by atoms with van der Waals surface area (Å²) in [6.45, 7) is 4.75. The van der Waals surface area contributed by atoms with E-state index >= 15 is 0 Å². The summed E-state index contributed by atoms with van der Waals surface area (Å²) >= 11 is 0. The fourth-order valence-corrected chi connectivity index (χ4v) is 6.85. The van der Waals surface area contributed by atoms with Gasteiger partial charge in [0.15, 0.2) is 5.65 Å². The molecule has 43 heavy (non-hydrogen) atoms. The molecule has 3 heterocycles. The average Bonchev–Trinajstić information content (AvgIpc) is 3.20. The molecule has 0 radical (unpaired) electrons. The molecule has 0 N–H and O–H groups in total. The quantitative estimate of drug-likeness (QED) is 0.228. The molecule has 220 valence electrons. The van der Waals surface area contributed by atoms with E-state index in [1.165, 1.54) is 44.2 Å². The fourth-order valence-electron chi connectivity index (χ4n) is 6.85. The molecule has 0 bridgehead atoms. The third-order valence-electron chi connectivity index (χ3n) is 9.10. The van der Waals surface area contributed by atoms with E-state index in [4.69, 9.17) is 15.1 Å². The number of carbonyl (C=O) groups excluding carboxylic acids is 1. The van der Waals surface area contributed by atoms with Gasteiger partial charge < -0.3 is 9.80 Å². The lowest BCUT2D eigenvalue weighted by atomic mass is 9.87. The van der Waals surface area contributed by atoms with E-state index in [1.54, 1.807) is 12.1 Å². The van der Waals surface area contributed by atoms with Crippen molar-refractivity contribution in [3.8, 4) is 5.69 Å². The number of halogens is 1. The predicted molar refractivity (Wildman–Crippen MR) is 168 cm³/mol. The highest BCUT2D eigenvalue weighted by atomic mass is 19.1. The molecular weight excluding hydrogens is 539 g/mol. The van der Waals surface area contributed by atoms with E-state index in [9.17, 15) is 9.18 Å². The minimum absolute atomic E-state index is 0.0739. The van der Waals surface area contributed by atoms with Crippen molar-refractivity contribution < 1.29 is 9.18 Å². The Balaban J connectivity index is 1.23. The number of fused-ring (bicyclic) bond motifs is 2. The van der Waals surface area contributed by atoms with Crippen LogP contribution in [0.15, 0.2) is 66.7 Å². The maximum atomic E-state index is 13.8. The molecule has 2 aliphatic rings. The molecule has 7 rings (SSSR count). The van der Waals surface area contributed by atoms with Gasteiger partial charge in [0.25, 0.3) is 5.91 Å². The van der Waals surface area contributed by atoms with Gasteiger partial charge in [-0.25, -0.2) is 19.0 Å². The van der Waals surface area contributed by atoms with Crippen molar-refractivity contribution in [2.24, 2.45) is 5.92 Å². The summed E-state index contributed by atoms with van der Waals surface area (Å²) in [7, 11) is 0. The summed E-state index contributed by atoms with van der Waals surface area (Å²) in [5.41, 5.74) is 3.12. The number of rotatable bonds is 5. The highest BCUT2D eigenvalue weighted by molar-refractivity contribution is 6.07. The van der Waals surface area contributed by atoms with Crippen molar-refractivity contribution in [3.05, 3.63) is 89.6 Å². The first-order valence-corrected chi connectivity index (χ1v) is 15.6. The van der Waals surface area contributed by atoms with Crippen LogP contribution in [0.25, 0.3) is 27.5 Å². The van der Waals surface area contributed by atoms with Gasteiger partial charge in [0.1, 0.15) is 17.5 Å². The van der Waals surface area contributed by atoms with Crippen molar-refractivity contribution in [1.82, 2.24) is 24.6 Å². The number of aromatic nitrogens is 4. The van der Waals surface area contributed by atoms with Gasteiger partial charge in [-0.15, -0.1) is 0 Å². The van der Waals surface area contributed by atoms with Crippen molar-refractivity contribution in [3.63, 3.8) is 0 Å². The molecule has 1 saturated heterocycles. The molecule has 0 unspecified atom stereocenters. The summed E-state index contributed by atoms with van der Waals surface area (Å²) in [5.74, 6) is 2.11. The first kappa shape index (κ1) is 27.5. The minimum atomic E-state index is -0.280. The molecule has 3 aromatic carbocycles. The lowest BCUT2D eigenvalue weighted by Crippen LogP contribution is -2.35. The van der Waals surface area contributed by atoms with Crippen LogP contribution in [0.4, 0.5) is 10.2 Å². The molecule has 0 spiro atoms. The Kier molecular flexibility index (Phi) is 7.51. The number of anilines is 1. The SMILES string of the molecule is Cc1nn(-c2ccc(F)cc2)c2nc(CC3CCCCC3)nc(N3CCCN(C(=O)c4cccc5ccccc45)CC3)c12. The number of carbonyl (C=O) groups is 1. The molecule has 1 saturated carbocycles. The third-order valence-corrected chi connectivity index (χ3v) is 9.10. The summed E-state index contributed by atoms with van der Waals surface area (Å²) in [6, 6.07) is 20.4. The molecular formula is C35H37FN6O. The number of nitrogens with zero attached hydrogens (tertiary/aromatic N) is 6. The normalized spacial score (nSPS) is 16.6. The van der Waals surface area contributed by atoms with Gasteiger partial charge in [0.2, 0.25) is 0 Å². The van der Waals surface area contributed by atoms with Crippen LogP contribution in [0.2, 0.25) is 0 Å². The standard InChI is InChI=1S/C35H37FN6O/c1-24-32-33(40-19-8-20-41(22-21-40)35(43)30-14-7-12-26-11-5-6-13-29(26)30)37-31(23-25-9-3-2-4-10-25)38-34(32)42(39-24)28-17-15-27(36)16-18-28/h5-7,11-18,25H,2-4,8-10,19-23H2,1H3. The molecule has 7 nitrogen and oxygen atoms in total. The average molecular weight is 577 g/mol. The zero-order chi connectivity index (χ0) is 29.3.